The lowest BCUT2D eigenvalue weighted by Gasteiger charge is -2.30. The molecule has 1 unspecified atom stereocenters. The number of carbonyl (C=O) groups excluding carboxylic acids is 1. The summed E-state index contributed by atoms with van der Waals surface area (Å²) in [6.07, 6.45) is 4.70. The minimum Gasteiger partial charge on any atom is -0.365 e. The van der Waals surface area contributed by atoms with Crippen molar-refractivity contribution < 1.29 is 4.79 Å². The second kappa shape index (κ2) is 4.49. The van der Waals surface area contributed by atoms with Crippen molar-refractivity contribution in [2.75, 3.05) is 18.9 Å². The Labute approximate surface area is 110 Å². The van der Waals surface area contributed by atoms with Crippen LogP contribution in [-0.2, 0) is 11.8 Å². The summed E-state index contributed by atoms with van der Waals surface area (Å²) in [4.78, 5) is 21.7. The van der Waals surface area contributed by atoms with Crippen molar-refractivity contribution in [3.8, 4) is 0 Å². The molecule has 2 aromatic heterocycles. The quantitative estimate of drug-likeness (QED) is 0.845. The lowest BCUT2D eigenvalue weighted by Crippen LogP contribution is -2.43. The van der Waals surface area contributed by atoms with E-state index in [1.54, 1.807) is 15.8 Å². The third-order valence-electron chi connectivity index (χ3n) is 3.50. The predicted octanol–water partition coefficient (Wildman–Crippen LogP) is 0.396. The van der Waals surface area contributed by atoms with Crippen LogP contribution in [0.1, 0.15) is 12.8 Å². The molecular formula is C12H16N6O. The largest absolute Gasteiger partial charge is 0.365 e. The van der Waals surface area contributed by atoms with Crippen LogP contribution in [-0.4, -0.2) is 50.2 Å². The lowest BCUT2D eigenvalue weighted by atomic mass is 10.1. The number of nitrogens with one attached hydrogen (secondary N) is 1. The molecule has 1 fully saturated rings. The number of nitrogens with zero attached hydrogens (tertiary/aromatic N) is 5. The van der Waals surface area contributed by atoms with Crippen molar-refractivity contribution in [3.05, 3.63) is 12.5 Å². The molecule has 3 heterocycles. The highest BCUT2D eigenvalue weighted by Gasteiger charge is 2.23. The van der Waals surface area contributed by atoms with Crippen molar-refractivity contribution in [2.45, 2.75) is 18.9 Å². The summed E-state index contributed by atoms with van der Waals surface area (Å²) in [5, 5.41) is 8.48. The zero-order chi connectivity index (χ0) is 13.4. The Kier molecular flexibility index (Phi) is 2.81. The van der Waals surface area contributed by atoms with Crippen molar-refractivity contribution in [2.24, 2.45) is 7.05 Å². The van der Waals surface area contributed by atoms with E-state index < -0.39 is 0 Å². The first-order chi connectivity index (χ1) is 9.15. The lowest BCUT2D eigenvalue weighted by molar-refractivity contribution is -0.132. The van der Waals surface area contributed by atoms with E-state index in [2.05, 4.69) is 20.4 Å². The van der Waals surface area contributed by atoms with Gasteiger partial charge in [-0.3, -0.25) is 9.48 Å². The first-order valence-electron chi connectivity index (χ1n) is 6.28. The zero-order valence-corrected chi connectivity index (χ0v) is 11.0. The molecule has 0 saturated carbocycles. The van der Waals surface area contributed by atoms with Gasteiger partial charge < -0.3 is 10.2 Å². The predicted molar refractivity (Wildman–Crippen MR) is 70.6 cm³/mol. The van der Waals surface area contributed by atoms with Gasteiger partial charge in [0, 0.05) is 33.1 Å². The first-order valence-corrected chi connectivity index (χ1v) is 6.28. The van der Waals surface area contributed by atoms with Crippen LogP contribution in [0.5, 0.6) is 0 Å². The van der Waals surface area contributed by atoms with Crippen LogP contribution in [0.3, 0.4) is 0 Å². The fourth-order valence-electron chi connectivity index (χ4n) is 2.40. The van der Waals surface area contributed by atoms with Gasteiger partial charge in [-0.25, -0.2) is 9.97 Å². The van der Waals surface area contributed by atoms with E-state index in [9.17, 15) is 4.79 Å². The number of likely N-dealkylation sites (tertiary alicyclic amines) is 1. The second-order valence-electron chi connectivity index (χ2n) is 4.88. The summed E-state index contributed by atoms with van der Waals surface area (Å²) in [5.74, 6) is 0.984. The molecule has 7 heteroatoms. The SMILES string of the molecule is CN1CC(Nc2ncnc3c2cnn3C)CCC1=O. The number of piperidine rings is 1. The summed E-state index contributed by atoms with van der Waals surface area (Å²) in [7, 11) is 3.68. The number of amides is 1. The molecule has 0 aromatic carbocycles. The molecule has 19 heavy (non-hydrogen) atoms. The number of hydrogen-bond acceptors (Lipinski definition) is 5. The zero-order valence-electron chi connectivity index (χ0n) is 11.0. The third kappa shape index (κ3) is 2.11. The molecule has 1 aliphatic heterocycles. The number of fused-ring (bicyclic) bond motifs is 1. The van der Waals surface area contributed by atoms with E-state index in [0.29, 0.717) is 13.0 Å². The second-order valence-corrected chi connectivity index (χ2v) is 4.88. The molecule has 1 atom stereocenters. The normalized spacial score (nSPS) is 20.0. The highest BCUT2D eigenvalue weighted by molar-refractivity contribution is 5.86. The van der Waals surface area contributed by atoms with Crippen LogP contribution in [0.25, 0.3) is 11.0 Å². The van der Waals surface area contributed by atoms with Crippen LogP contribution in [0, 0.1) is 0 Å². The van der Waals surface area contributed by atoms with Gasteiger partial charge in [0.25, 0.3) is 0 Å². The van der Waals surface area contributed by atoms with Crippen LogP contribution in [0.4, 0.5) is 5.82 Å². The van der Waals surface area contributed by atoms with Gasteiger partial charge in [0.2, 0.25) is 5.91 Å². The summed E-state index contributed by atoms with van der Waals surface area (Å²) in [5.41, 5.74) is 0.803. The summed E-state index contributed by atoms with van der Waals surface area (Å²) in [6, 6.07) is 0.223. The number of likely N-dealkylation sites (N-methyl/N-ethyl adjacent to an activating group) is 1. The minimum atomic E-state index is 0.201. The summed E-state index contributed by atoms with van der Waals surface area (Å²) in [6.45, 7) is 0.699. The van der Waals surface area contributed by atoms with Gasteiger partial charge in [-0.2, -0.15) is 5.10 Å². The van der Waals surface area contributed by atoms with Crippen molar-refractivity contribution in [1.29, 1.82) is 0 Å². The number of carbonyl (C=O) groups is 1. The Hall–Kier alpha value is -2.18. The smallest absolute Gasteiger partial charge is 0.222 e. The molecule has 1 saturated heterocycles. The molecule has 1 N–H and O–H groups in total. The maximum Gasteiger partial charge on any atom is 0.222 e. The van der Waals surface area contributed by atoms with E-state index in [0.717, 1.165) is 23.3 Å². The average Bonchev–Trinajstić information content (AvgIpc) is 2.77. The maximum atomic E-state index is 11.5. The van der Waals surface area contributed by atoms with Gasteiger partial charge >= 0.3 is 0 Å². The Morgan fingerprint density at radius 1 is 1.37 bits per heavy atom. The van der Waals surface area contributed by atoms with Crippen LogP contribution in [0.2, 0.25) is 0 Å². The number of hydrogen-bond donors (Lipinski definition) is 1. The topological polar surface area (TPSA) is 75.9 Å². The molecule has 0 spiro atoms. The number of aromatic nitrogens is 4. The average molecular weight is 260 g/mol. The van der Waals surface area contributed by atoms with Gasteiger partial charge in [-0.05, 0) is 6.42 Å². The molecule has 1 amide bonds. The minimum absolute atomic E-state index is 0.201. The van der Waals surface area contributed by atoms with E-state index in [1.165, 1.54) is 6.33 Å². The van der Waals surface area contributed by atoms with Gasteiger partial charge in [-0.15, -0.1) is 0 Å². The number of rotatable bonds is 2. The van der Waals surface area contributed by atoms with Crippen LogP contribution < -0.4 is 5.32 Å². The Morgan fingerprint density at radius 2 is 2.21 bits per heavy atom. The van der Waals surface area contributed by atoms with Crippen molar-refractivity contribution in [1.82, 2.24) is 24.6 Å². The summed E-state index contributed by atoms with van der Waals surface area (Å²) < 4.78 is 1.72. The van der Waals surface area contributed by atoms with E-state index in [-0.39, 0.29) is 11.9 Å². The summed E-state index contributed by atoms with van der Waals surface area (Å²) >= 11 is 0. The Bertz CT molecular complexity index is 622. The van der Waals surface area contributed by atoms with Crippen LogP contribution >= 0.6 is 0 Å². The molecule has 3 rings (SSSR count). The van der Waals surface area contributed by atoms with E-state index in [4.69, 9.17) is 0 Å². The highest BCUT2D eigenvalue weighted by atomic mass is 16.2. The monoisotopic (exact) mass is 260 g/mol. The molecule has 100 valence electrons. The standard InChI is InChI=1S/C12H16N6O/c1-17-6-8(3-4-10(17)19)16-11-9-5-15-18(2)12(9)14-7-13-11/h5,7-8H,3-4,6H2,1-2H3,(H,13,14,16). The highest BCUT2D eigenvalue weighted by Crippen LogP contribution is 2.21. The molecule has 2 aromatic rings. The van der Waals surface area contributed by atoms with Crippen LogP contribution in [0.15, 0.2) is 12.5 Å². The molecule has 0 radical (unpaired) electrons. The number of anilines is 1. The van der Waals surface area contributed by atoms with Gasteiger partial charge in [0.15, 0.2) is 5.65 Å². The fraction of sp³-hybridized carbons (Fsp3) is 0.500. The number of aryl methyl sites for hydroxylation is 1. The van der Waals surface area contributed by atoms with E-state index >= 15 is 0 Å². The first kappa shape index (κ1) is 11.9. The molecule has 0 bridgehead atoms. The third-order valence-corrected chi connectivity index (χ3v) is 3.50. The van der Waals surface area contributed by atoms with Gasteiger partial charge in [-0.1, -0.05) is 0 Å². The van der Waals surface area contributed by atoms with Gasteiger partial charge in [0.1, 0.15) is 12.1 Å². The molecular weight excluding hydrogens is 244 g/mol. The molecule has 0 aliphatic carbocycles. The Morgan fingerprint density at radius 3 is 3.00 bits per heavy atom. The van der Waals surface area contributed by atoms with Crippen molar-refractivity contribution >= 4 is 22.8 Å². The fourth-order valence-corrected chi connectivity index (χ4v) is 2.40. The van der Waals surface area contributed by atoms with Crippen molar-refractivity contribution in [3.63, 3.8) is 0 Å². The van der Waals surface area contributed by atoms with E-state index in [1.807, 2.05) is 14.1 Å². The maximum absolute atomic E-state index is 11.5. The Balaban J connectivity index is 1.84. The molecule has 7 nitrogen and oxygen atoms in total. The van der Waals surface area contributed by atoms with Gasteiger partial charge in [0.05, 0.1) is 11.6 Å². The molecule has 1 aliphatic rings.